The molecule has 5 heterocycles. The Hall–Kier alpha value is -5.23. The minimum atomic E-state index is -0.885. The highest BCUT2D eigenvalue weighted by molar-refractivity contribution is 6.31. The second kappa shape index (κ2) is 16.1. The van der Waals surface area contributed by atoms with E-state index in [1.165, 1.54) is 4.68 Å². The second-order valence-corrected chi connectivity index (χ2v) is 18.1. The van der Waals surface area contributed by atoms with E-state index in [-0.39, 0.29) is 34.4 Å². The molecular formula is C44H52ClN9O5. The Labute approximate surface area is 349 Å². The molecule has 2 aromatic carbocycles. The minimum Gasteiger partial charge on any atom is -0.489 e. The van der Waals surface area contributed by atoms with Crippen molar-refractivity contribution < 1.29 is 19.4 Å². The third-order valence-electron chi connectivity index (χ3n) is 13.0. The Bertz CT molecular complexity index is 2310. The average molecular weight is 822 g/mol. The van der Waals surface area contributed by atoms with Crippen molar-refractivity contribution in [1.29, 1.82) is 5.26 Å². The number of aliphatic hydroxyl groups excluding tert-OH is 1. The quantitative estimate of drug-likeness (QED) is 0.213. The maximum atomic E-state index is 13.5. The van der Waals surface area contributed by atoms with Gasteiger partial charge < -0.3 is 30.3 Å². The number of aromatic nitrogens is 3. The van der Waals surface area contributed by atoms with Gasteiger partial charge in [0, 0.05) is 86.0 Å². The van der Waals surface area contributed by atoms with Crippen LogP contribution in [0.5, 0.6) is 5.75 Å². The molecule has 3 aliphatic heterocycles. The summed E-state index contributed by atoms with van der Waals surface area (Å²) in [4.78, 5) is 51.1. The topological polar surface area (TPSA) is 169 Å². The number of ether oxygens (including phenoxy) is 1. The predicted molar refractivity (Wildman–Crippen MR) is 226 cm³/mol. The molecule has 59 heavy (non-hydrogen) atoms. The Morgan fingerprint density at radius 2 is 1.69 bits per heavy atom. The number of piperidine rings is 2. The van der Waals surface area contributed by atoms with Crippen LogP contribution in [0.2, 0.25) is 5.02 Å². The van der Waals surface area contributed by atoms with Crippen LogP contribution in [-0.4, -0.2) is 101 Å². The maximum Gasteiger partial charge on any atom is 0.275 e. The number of nitrogens with zero attached hydrogens (tertiary/aromatic N) is 7. The van der Waals surface area contributed by atoms with Crippen LogP contribution in [0.15, 0.2) is 65.7 Å². The van der Waals surface area contributed by atoms with E-state index in [1.807, 2.05) is 30.3 Å². The number of nitrogens with one attached hydrogen (secondary N) is 2. The number of benzene rings is 2. The van der Waals surface area contributed by atoms with Gasteiger partial charge in [0.15, 0.2) is 0 Å². The zero-order valence-electron chi connectivity index (χ0n) is 34.0. The SMILES string of the molecule is CC1(C)[C@H](NC(=O)c2ccc(N3CCC(CN4CCN(c5ccc6c(=O)n(C7CCC(O)NC7=O)ncc6c5)CC4)CC3)nc2)C(C)(C)[C@H]1Oc1ccc(C#N)c(Cl)c1. The van der Waals surface area contributed by atoms with Crippen LogP contribution in [0.4, 0.5) is 11.5 Å². The van der Waals surface area contributed by atoms with E-state index < -0.39 is 18.2 Å². The molecule has 8 rings (SSSR count). The van der Waals surface area contributed by atoms with Crippen molar-refractivity contribution in [2.75, 3.05) is 55.6 Å². The number of rotatable bonds is 9. The van der Waals surface area contributed by atoms with Crippen LogP contribution in [0.3, 0.4) is 0 Å². The lowest BCUT2D eigenvalue weighted by Crippen LogP contribution is -2.74. The molecule has 0 bridgehead atoms. The van der Waals surface area contributed by atoms with Crippen molar-refractivity contribution in [2.45, 2.75) is 77.8 Å². The number of pyridine rings is 1. The highest BCUT2D eigenvalue weighted by Gasteiger charge is 2.64. The van der Waals surface area contributed by atoms with Gasteiger partial charge in [-0.15, -0.1) is 0 Å². The lowest BCUT2D eigenvalue weighted by Gasteiger charge is -2.63. The van der Waals surface area contributed by atoms with Crippen LogP contribution in [-0.2, 0) is 4.79 Å². The zero-order chi connectivity index (χ0) is 41.6. The second-order valence-electron chi connectivity index (χ2n) is 17.7. The molecule has 3 saturated heterocycles. The van der Waals surface area contributed by atoms with Crippen LogP contribution >= 0.6 is 11.6 Å². The van der Waals surface area contributed by atoms with E-state index >= 15 is 0 Å². The van der Waals surface area contributed by atoms with Gasteiger partial charge in [0.05, 0.1) is 27.7 Å². The molecule has 2 unspecified atom stereocenters. The molecule has 0 spiro atoms. The van der Waals surface area contributed by atoms with Crippen molar-refractivity contribution >= 4 is 45.7 Å². The number of halogens is 1. The Morgan fingerprint density at radius 1 is 0.949 bits per heavy atom. The maximum absolute atomic E-state index is 13.5. The van der Waals surface area contributed by atoms with Gasteiger partial charge in [0.25, 0.3) is 11.5 Å². The molecule has 4 fully saturated rings. The Balaban J connectivity index is 0.792. The molecule has 4 aliphatic rings. The first kappa shape index (κ1) is 40.5. The van der Waals surface area contributed by atoms with Crippen LogP contribution < -0.4 is 30.7 Å². The van der Waals surface area contributed by atoms with Crippen molar-refractivity contribution in [2.24, 2.45) is 16.7 Å². The largest absolute Gasteiger partial charge is 0.489 e. The molecule has 3 N–H and O–H groups in total. The first-order valence-corrected chi connectivity index (χ1v) is 21.0. The van der Waals surface area contributed by atoms with Gasteiger partial charge in [-0.3, -0.25) is 19.3 Å². The summed E-state index contributed by atoms with van der Waals surface area (Å²) >= 11 is 6.25. The lowest BCUT2D eigenvalue weighted by atomic mass is 9.49. The summed E-state index contributed by atoms with van der Waals surface area (Å²) in [6.45, 7) is 14.9. The molecule has 2 aromatic heterocycles. The number of piperazine rings is 1. The van der Waals surface area contributed by atoms with Crippen LogP contribution in [0.25, 0.3) is 10.8 Å². The number of aliphatic hydroxyl groups is 1. The van der Waals surface area contributed by atoms with Crippen molar-refractivity contribution in [3.8, 4) is 11.8 Å². The van der Waals surface area contributed by atoms with E-state index in [1.54, 1.807) is 30.6 Å². The summed E-state index contributed by atoms with van der Waals surface area (Å²) < 4.78 is 7.62. The fourth-order valence-corrected chi connectivity index (χ4v) is 10.2. The molecule has 15 heteroatoms. The zero-order valence-corrected chi connectivity index (χ0v) is 34.8. The van der Waals surface area contributed by atoms with Gasteiger partial charge in [0.1, 0.15) is 36.0 Å². The smallest absolute Gasteiger partial charge is 0.275 e. The molecular weight excluding hydrogens is 770 g/mol. The van der Waals surface area contributed by atoms with E-state index in [0.717, 1.165) is 75.5 Å². The molecule has 14 nitrogen and oxygen atoms in total. The Morgan fingerprint density at radius 3 is 2.36 bits per heavy atom. The fourth-order valence-electron chi connectivity index (χ4n) is 10.00. The number of hydrogen-bond donors (Lipinski definition) is 3. The summed E-state index contributed by atoms with van der Waals surface area (Å²) in [5.41, 5.74) is 0.953. The van der Waals surface area contributed by atoms with Crippen molar-refractivity contribution in [1.82, 2.24) is 30.3 Å². The van der Waals surface area contributed by atoms with Gasteiger partial charge in [-0.1, -0.05) is 39.3 Å². The summed E-state index contributed by atoms with van der Waals surface area (Å²) in [5.74, 6) is 1.53. The number of nitriles is 1. The molecule has 1 saturated carbocycles. The summed E-state index contributed by atoms with van der Waals surface area (Å²) in [6.07, 6.45) is 5.15. The van der Waals surface area contributed by atoms with E-state index in [9.17, 15) is 24.8 Å². The summed E-state index contributed by atoms with van der Waals surface area (Å²) in [6, 6.07) is 15.9. The number of anilines is 2. The molecule has 2 atom stereocenters. The summed E-state index contributed by atoms with van der Waals surface area (Å²) in [7, 11) is 0. The van der Waals surface area contributed by atoms with Crippen molar-refractivity contribution in [3.05, 3.63) is 87.4 Å². The van der Waals surface area contributed by atoms with Crippen LogP contribution in [0, 0.1) is 28.1 Å². The number of carbonyl (C=O) groups excluding carboxylic acids is 2. The number of carbonyl (C=O) groups is 2. The summed E-state index contributed by atoms with van der Waals surface area (Å²) in [5, 5.41) is 30.7. The monoisotopic (exact) mass is 821 g/mol. The highest BCUT2D eigenvalue weighted by atomic mass is 35.5. The number of hydrogen-bond acceptors (Lipinski definition) is 11. The average Bonchev–Trinajstić information content (AvgIpc) is 3.22. The molecule has 0 radical (unpaired) electrons. The standard InChI is InChI=1S/C44H52ClN9O5/c1-43(2)41(44(3,4)42(43)59-32-8-5-28(23-46)34(45)22-32)50-38(56)29-6-11-36(47-24-29)53-15-13-27(14-16-53)26-51-17-19-52(20-18-51)31-7-9-33-30(21-31)25-48-54(40(33)58)35-10-12-37(55)49-39(35)57/h5-9,11,21-22,24-25,27,35,37,41-42,55H,10,12-20,26H2,1-4H3,(H,49,57)(H,50,56)/t35?,37?,41-,42-. The minimum absolute atomic E-state index is 0.141. The predicted octanol–water partition coefficient (Wildman–Crippen LogP) is 4.74. The molecule has 2 amide bonds. The fraction of sp³-hybridized carbons (Fsp3) is 0.500. The molecule has 310 valence electrons. The van der Waals surface area contributed by atoms with Crippen molar-refractivity contribution in [3.63, 3.8) is 0 Å². The normalized spacial score (nSPS) is 24.5. The third-order valence-corrected chi connectivity index (χ3v) is 13.4. The van der Waals surface area contributed by atoms with Gasteiger partial charge >= 0.3 is 0 Å². The van der Waals surface area contributed by atoms with Gasteiger partial charge in [-0.25, -0.2) is 9.67 Å². The van der Waals surface area contributed by atoms with E-state index in [2.05, 4.69) is 64.2 Å². The van der Waals surface area contributed by atoms with E-state index in [0.29, 0.717) is 46.0 Å². The number of amides is 2. The van der Waals surface area contributed by atoms with Gasteiger partial charge in [0.2, 0.25) is 5.91 Å². The van der Waals surface area contributed by atoms with Gasteiger partial charge in [-0.2, -0.15) is 10.4 Å². The molecule has 1 aliphatic carbocycles. The number of fused-ring (bicyclic) bond motifs is 1. The first-order valence-electron chi connectivity index (χ1n) is 20.6. The lowest BCUT2D eigenvalue weighted by molar-refractivity contribution is -0.164. The van der Waals surface area contributed by atoms with Gasteiger partial charge in [-0.05, 0) is 74.1 Å². The molecule has 4 aromatic rings. The van der Waals surface area contributed by atoms with Crippen LogP contribution in [0.1, 0.15) is 75.3 Å². The first-order chi connectivity index (χ1) is 28.2. The third kappa shape index (κ3) is 7.95. The Kier molecular flexibility index (Phi) is 11.1. The highest BCUT2D eigenvalue weighted by Crippen LogP contribution is 2.55. The van der Waals surface area contributed by atoms with E-state index in [4.69, 9.17) is 21.3 Å².